The molecule has 2 N–H and O–H groups in total. The first kappa shape index (κ1) is 21.1. The van der Waals surface area contributed by atoms with Crippen molar-refractivity contribution >= 4 is 11.8 Å². The minimum absolute atomic E-state index is 0.113. The molecule has 2 amide bonds. The molecule has 2 aromatic carbocycles. The third-order valence-corrected chi connectivity index (χ3v) is 4.15. The van der Waals surface area contributed by atoms with E-state index in [9.17, 15) is 9.59 Å². The molecule has 1 aromatic heterocycles. The van der Waals surface area contributed by atoms with Crippen molar-refractivity contribution in [1.82, 2.24) is 15.8 Å². The number of nitrogens with zero attached hydrogens (tertiary/aromatic N) is 1. The SMILES string of the molecule is COCCOc1cccc(CNC(=O)CNC(=O)c2cc(-c3ccccc3)on2)c1. The first-order chi connectivity index (χ1) is 14.7. The third kappa shape index (κ3) is 6.18. The lowest BCUT2D eigenvalue weighted by molar-refractivity contribution is -0.120. The predicted molar refractivity (Wildman–Crippen MR) is 110 cm³/mol. The molecule has 0 spiro atoms. The van der Waals surface area contributed by atoms with Crippen LogP contribution < -0.4 is 15.4 Å². The Balaban J connectivity index is 1.44. The molecule has 0 bridgehead atoms. The van der Waals surface area contributed by atoms with Gasteiger partial charge in [0.15, 0.2) is 11.5 Å². The molecule has 8 nitrogen and oxygen atoms in total. The molecule has 0 unspecified atom stereocenters. The maximum Gasteiger partial charge on any atom is 0.273 e. The summed E-state index contributed by atoms with van der Waals surface area (Å²) < 4.78 is 15.7. The predicted octanol–water partition coefficient (Wildman–Crippen LogP) is 2.41. The molecule has 0 aliphatic carbocycles. The van der Waals surface area contributed by atoms with Crippen molar-refractivity contribution < 1.29 is 23.6 Å². The first-order valence-corrected chi connectivity index (χ1v) is 9.43. The van der Waals surface area contributed by atoms with Crippen LogP contribution in [0.5, 0.6) is 5.75 Å². The Morgan fingerprint density at radius 1 is 1.00 bits per heavy atom. The van der Waals surface area contributed by atoms with Crippen molar-refractivity contribution in [3.05, 3.63) is 71.9 Å². The van der Waals surface area contributed by atoms with Gasteiger partial charge in [-0.3, -0.25) is 9.59 Å². The van der Waals surface area contributed by atoms with Crippen molar-refractivity contribution in [2.75, 3.05) is 26.9 Å². The van der Waals surface area contributed by atoms with Gasteiger partial charge >= 0.3 is 0 Å². The molecule has 0 saturated heterocycles. The number of aromatic nitrogens is 1. The van der Waals surface area contributed by atoms with Gasteiger partial charge in [0.05, 0.1) is 13.2 Å². The summed E-state index contributed by atoms with van der Waals surface area (Å²) in [6.07, 6.45) is 0. The molecular formula is C22H23N3O5. The molecule has 3 aromatic rings. The molecule has 3 rings (SSSR count). The van der Waals surface area contributed by atoms with E-state index in [2.05, 4.69) is 15.8 Å². The number of benzene rings is 2. The van der Waals surface area contributed by atoms with Crippen LogP contribution in [0.25, 0.3) is 11.3 Å². The van der Waals surface area contributed by atoms with Crippen LogP contribution in [0, 0.1) is 0 Å². The Morgan fingerprint density at radius 3 is 2.63 bits per heavy atom. The lowest BCUT2D eigenvalue weighted by Gasteiger charge is -2.09. The highest BCUT2D eigenvalue weighted by Gasteiger charge is 2.14. The molecule has 30 heavy (non-hydrogen) atoms. The maximum absolute atomic E-state index is 12.2. The van der Waals surface area contributed by atoms with Crippen molar-refractivity contribution in [3.8, 4) is 17.1 Å². The highest BCUT2D eigenvalue weighted by atomic mass is 16.5. The van der Waals surface area contributed by atoms with E-state index >= 15 is 0 Å². The average Bonchev–Trinajstić information content (AvgIpc) is 3.28. The topological polar surface area (TPSA) is 103 Å². The van der Waals surface area contributed by atoms with Gasteiger partial charge in [-0.25, -0.2) is 0 Å². The van der Waals surface area contributed by atoms with E-state index in [1.807, 2.05) is 54.6 Å². The second-order valence-electron chi connectivity index (χ2n) is 6.39. The van der Waals surface area contributed by atoms with Gasteiger partial charge in [0.25, 0.3) is 5.91 Å². The fourth-order valence-corrected chi connectivity index (χ4v) is 2.62. The minimum atomic E-state index is -0.482. The summed E-state index contributed by atoms with van der Waals surface area (Å²) in [6, 6.07) is 18.3. The molecule has 156 valence electrons. The van der Waals surface area contributed by atoms with E-state index in [0.29, 0.717) is 31.3 Å². The molecule has 0 fully saturated rings. The summed E-state index contributed by atoms with van der Waals surface area (Å²) >= 11 is 0. The number of carbonyl (C=O) groups excluding carboxylic acids is 2. The van der Waals surface area contributed by atoms with E-state index in [1.54, 1.807) is 7.11 Å². The Bertz CT molecular complexity index is 972. The molecular weight excluding hydrogens is 386 g/mol. The molecule has 0 radical (unpaired) electrons. The van der Waals surface area contributed by atoms with Gasteiger partial charge in [0, 0.05) is 25.3 Å². The van der Waals surface area contributed by atoms with Gasteiger partial charge in [-0.2, -0.15) is 0 Å². The Labute approximate surface area is 174 Å². The molecule has 1 heterocycles. The molecule has 0 atom stereocenters. The van der Waals surface area contributed by atoms with Crippen LogP contribution in [0.3, 0.4) is 0 Å². The summed E-state index contributed by atoms with van der Waals surface area (Å²) in [5, 5.41) is 9.05. The van der Waals surface area contributed by atoms with Crippen molar-refractivity contribution in [1.29, 1.82) is 0 Å². The third-order valence-electron chi connectivity index (χ3n) is 4.15. The van der Waals surface area contributed by atoms with Crippen molar-refractivity contribution in [2.24, 2.45) is 0 Å². The first-order valence-electron chi connectivity index (χ1n) is 9.43. The van der Waals surface area contributed by atoms with Gasteiger partial charge in [-0.05, 0) is 17.7 Å². The van der Waals surface area contributed by atoms with E-state index < -0.39 is 5.91 Å². The van der Waals surface area contributed by atoms with Gasteiger partial charge in [0.1, 0.15) is 12.4 Å². The lowest BCUT2D eigenvalue weighted by atomic mass is 10.1. The van der Waals surface area contributed by atoms with E-state index in [4.69, 9.17) is 14.0 Å². The Kier molecular flexibility index (Phi) is 7.57. The summed E-state index contributed by atoms with van der Waals surface area (Å²) in [7, 11) is 1.61. The van der Waals surface area contributed by atoms with Crippen molar-refractivity contribution in [3.63, 3.8) is 0 Å². The Hall–Kier alpha value is -3.65. The minimum Gasteiger partial charge on any atom is -0.491 e. The fourth-order valence-electron chi connectivity index (χ4n) is 2.62. The second kappa shape index (κ2) is 10.8. The van der Waals surface area contributed by atoms with E-state index in [0.717, 1.165) is 11.1 Å². The van der Waals surface area contributed by atoms with Crippen LogP contribution in [0.2, 0.25) is 0 Å². The highest BCUT2D eigenvalue weighted by Crippen LogP contribution is 2.19. The van der Waals surface area contributed by atoms with Gasteiger partial charge in [0.2, 0.25) is 5.91 Å². The number of ether oxygens (including phenoxy) is 2. The molecule has 0 saturated carbocycles. The number of carbonyl (C=O) groups is 2. The number of methoxy groups -OCH3 is 1. The van der Waals surface area contributed by atoms with E-state index in [-0.39, 0.29) is 18.1 Å². The zero-order valence-corrected chi connectivity index (χ0v) is 16.6. The fraction of sp³-hybridized carbons (Fsp3) is 0.227. The van der Waals surface area contributed by atoms with Gasteiger partial charge < -0.3 is 24.6 Å². The highest BCUT2D eigenvalue weighted by molar-refractivity contribution is 5.95. The van der Waals surface area contributed by atoms with Crippen LogP contribution in [0.15, 0.2) is 65.2 Å². The van der Waals surface area contributed by atoms with E-state index in [1.165, 1.54) is 6.07 Å². The number of hydrogen-bond acceptors (Lipinski definition) is 6. The summed E-state index contributed by atoms with van der Waals surface area (Å²) in [5.74, 6) is 0.385. The standard InChI is InChI=1S/C22H23N3O5/c1-28-10-11-29-18-9-5-6-16(12-18)14-23-21(26)15-24-22(27)19-13-20(30-25-19)17-7-3-2-4-8-17/h2-9,12-13H,10-11,14-15H2,1H3,(H,23,26)(H,24,27). The molecule has 0 aliphatic rings. The van der Waals surface area contributed by atoms with Crippen LogP contribution in [-0.2, 0) is 16.1 Å². The summed E-state index contributed by atoms with van der Waals surface area (Å²) in [6.45, 7) is 1.10. The smallest absolute Gasteiger partial charge is 0.273 e. The zero-order valence-electron chi connectivity index (χ0n) is 16.6. The number of hydrogen-bond donors (Lipinski definition) is 2. The zero-order chi connectivity index (χ0) is 21.2. The average molecular weight is 409 g/mol. The number of rotatable bonds is 10. The Morgan fingerprint density at radius 2 is 1.83 bits per heavy atom. The molecule has 8 heteroatoms. The van der Waals surface area contributed by atoms with Crippen LogP contribution >= 0.6 is 0 Å². The summed E-state index contributed by atoms with van der Waals surface area (Å²) in [5.41, 5.74) is 1.81. The lowest BCUT2D eigenvalue weighted by Crippen LogP contribution is -2.36. The summed E-state index contributed by atoms with van der Waals surface area (Å²) in [4.78, 5) is 24.3. The van der Waals surface area contributed by atoms with Crippen LogP contribution in [-0.4, -0.2) is 43.8 Å². The van der Waals surface area contributed by atoms with Gasteiger partial charge in [-0.1, -0.05) is 47.6 Å². The molecule has 0 aliphatic heterocycles. The largest absolute Gasteiger partial charge is 0.491 e. The number of amides is 2. The normalized spacial score (nSPS) is 10.4. The quantitative estimate of drug-likeness (QED) is 0.499. The number of nitrogens with one attached hydrogen (secondary N) is 2. The second-order valence-corrected chi connectivity index (χ2v) is 6.39. The maximum atomic E-state index is 12.2. The van der Waals surface area contributed by atoms with Crippen LogP contribution in [0.1, 0.15) is 16.1 Å². The van der Waals surface area contributed by atoms with Crippen molar-refractivity contribution in [2.45, 2.75) is 6.54 Å². The van der Waals surface area contributed by atoms with Gasteiger partial charge in [-0.15, -0.1) is 0 Å². The van der Waals surface area contributed by atoms with Crippen LogP contribution in [0.4, 0.5) is 0 Å². The monoisotopic (exact) mass is 409 g/mol.